The molecule has 0 aliphatic rings. The number of hydrogen-bond acceptors (Lipinski definition) is 3. The van der Waals surface area contributed by atoms with Gasteiger partial charge < -0.3 is 5.73 Å². The molecule has 0 saturated carbocycles. The molecular formula is C7H12N2S. The fourth-order valence-corrected chi connectivity index (χ4v) is 1.55. The smallest absolute Gasteiger partial charge is 0.109 e. The van der Waals surface area contributed by atoms with Crippen LogP contribution in [0.2, 0.25) is 0 Å². The first-order valence-electron chi connectivity index (χ1n) is 3.44. The van der Waals surface area contributed by atoms with Gasteiger partial charge in [0.05, 0.1) is 11.7 Å². The minimum atomic E-state index is 0.0882. The molecule has 0 radical (unpaired) electrons. The van der Waals surface area contributed by atoms with Crippen molar-refractivity contribution in [3.8, 4) is 0 Å². The lowest BCUT2D eigenvalue weighted by Gasteiger charge is -1.95. The third kappa shape index (κ3) is 1.55. The van der Waals surface area contributed by atoms with Crippen LogP contribution in [-0.4, -0.2) is 4.98 Å². The molecule has 1 unspecified atom stereocenters. The van der Waals surface area contributed by atoms with Crippen molar-refractivity contribution >= 4 is 11.3 Å². The Hall–Kier alpha value is -0.410. The normalized spacial score (nSPS) is 13.5. The van der Waals surface area contributed by atoms with Gasteiger partial charge >= 0.3 is 0 Å². The summed E-state index contributed by atoms with van der Waals surface area (Å²) in [5.74, 6) is 0. The molecule has 1 atom stereocenters. The van der Waals surface area contributed by atoms with Gasteiger partial charge in [-0.1, -0.05) is 6.92 Å². The molecular weight excluding hydrogens is 144 g/mol. The minimum absolute atomic E-state index is 0.0882. The van der Waals surface area contributed by atoms with Crippen LogP contribution in [0.4, 0.5) is 0 Å². The van der Waals surface area contributed by atoms with E-state index in [1.54, 1.807) is 11.3 Å². The van der Waals surface area contributed by atoms with E-state index in [1.807, 2.05) is 6.92 Å². The lowest BCUT2D eigenvalue weighted by molar-refractivity contribution is 0.798. The van der Waals surface area contributed by atoms with Gasteiger partial charge in [0.2, 0.25) is 0 Å². The van der Waals surface area contributed by atoms with Gasteiger partial charge in [0.25, 0.3) is 0 Å². The molecule has 0 aliphatic carbocycles. The zero-order valence-corrected chi connectivity index (χ0v) is 7.11. The molecule has 0 aromatic carbocycles. The maximum Gasteiger partial charge on any atom is 0.109 e. The Labute approximate surface area is 65.1 Å². The zero-order valence-electron chi connectivity index (χ0n) is 6.29. The van der Waals surface area contributed by atoms with Crippen molar-refractivity contribution in [1.82, 2.24) is 4.98 Å². The van der Waals surface area contributed by atoms with Crippen LogP contribution in [0, 0.1) is 0 Å². The summed E-state index contributed by atoms with van der Waals surface area (Å²) in [7, 11) is 0. The topological polar surface area (TPSA) is 38.9 Å². The number of hydrogen-bond donors (Lipinski definition) is 1. The van der Waals surface area contributed by atoms with E-state index in [4.69, 9.17) is 5.73 Å². The molecule has 1 aromatic rings. The molecule has 0 fully saturated rings. The Bertz CT molecular complexity index is 205. The van der Waals surface area contributed by atoms with Crippen LogP contribution < -0.4 is 5.73 Å². The van der Waals surface area contributed by atoms with E-state index < -0.39 is 0 Å². The lowest BCUT2D eigenvalue weighted by atomic mass is 10.3. The fourth-order valence-electron chi connectivity index (χ4n) is 0.694. The van der Waals surface area contributed by atoms with Crippen LogP contribution in [0.25, 0.3) is 0 Å². The first-order chi connectivity index (χ1) is 4.74. The third-order valence-electron chi connectivity index (χ3n) is 1.32. The van der Waals surface area contributed by atoms with Gasteiger partial charge in [-0.05, 0) is 13.3 Å². The summed E-state index contributed by atoms with van der Waals surface area (Å²) in [5.41, 5.74) is 6.78. The van der Waals surface area contributed by atoms with Gasteiger partial charge in [0.15, 0.2) is 0 Å². The van der Waals surface area contributed by atoms with E-state index in [9.17, 15) is 0 Å². The summed E-state index contributed by atoms with van der Waals surface area (Å²) in [4.78, 5) is 4.32. The van der Waals surface area contributed by atoms with Crippen molar-refractivity contribution in [3.63, 3.8) is 0 Å². The van der Waals surface area contributed by atoms with Gasteiger partial charge in [0.1, 0.15) is 5.01 Å². The van der Waals surface area contributed by atoms with Crippen LogP contribution >= 0.6 is 11.3 Å². The molecule has 56 valence electrons. The van der Waals surface area contributed by atoms with Gasteiger partial charge in [-0.3, -0.25) is 0 Å². The van der Waals surface area contributed by atoms with Crippen LogP contribution in [-0.2, 0) is 6.42 Å². The van der Waals surface area contributed by atoms with Crippen LogP contribution in [0.1, 0.15) is 30.6 Å². The first-order valence-corrected chi connectivity index (χ1v) is 4.32. The molecule has 3 heteroatoms. The lowest BCUT2D eigenvalue weighted by Crippen LogP contribution is -2.04. The second-order valence-corrected chi connectivity index (χ2v) is 3.21. The molecule has 1 heterocycles. The Morgan fingerprint density at radius 2 is 2.50 bits per heavy atom. The van der Waals surface area contributed by atoms with E-state index in [-0.39, 0.29) is 6.04 Å². The van der Waals surface area contributed by atoms with Crippen molar-refractivity contribution in [2.45, 2.75) is 26.3 Å². The minimum Gasteiger partial charge on any atom is -0.322 e. The molecule has 10 heavy (non-hydrogen) atoms. The molecule has 0 saturated heterocycles. The maximum atomic E-state index is 5.63. The van der Waals surface area contributed by atoms with Crippen LogP contribution in [0.3, 0.4) is 0 Å². The third-order valence-corrected chi connectivity index (χ3v) is 2.42. The zero-order chi connectivity index (χ0) is 7.56. The van der Waals surface area contributed by atoms with E-state index >= 15 is 0 Å². The predicted octanol–water partition coefficient (Wildman–Crippen LogP) is 1.73. The van der Waals surface area contributed by atoms with Crippen molar-refractivity contribution < 1.29 is 0 Å². The van der Waals surface area contributed by atoms with E-state index in [1.165, 1.54) is 0 Å². The highest BCUT2D eigenvalue weighted by Gasteiger charge is 2.03. The molecule has 0 amide bonds. The molecule has 0 bridgehead atoms. The van der Waals surface area contributed by atoms with E-state index in [2.05, 4.69) is 17.3 Å². The molecule has 1 aromatic heterocycles. The number of aromatic nitrogens is 1. The second kappa shape index (κ2) is 3.12. The maximum absolute atomic E-state index is 5.63. The largest absolute Gasteiger partial charge is 0.322 e. The average molecular weight is 156 g/mol. The Kier molecular flexibility index (Phi) is 2.40. The Morgan fingerprint density at radius 1 is 1.80 bits per heavy atom. The number of thiazole rings is 1. The van der Waals surface area contributed by atoms with Gasteiger partial charge in [-0.2, -0.15) is 0 Å². The molecule has 2 nitrogen and oxygen atoms in total. The molecule has 2 N–H and O–H groups in total. The Balaban J connectivity index is 2.78. The van der Waals surface area contributed by atoms with Gasteiger partial charge in [0, 0.05) is 5.38 Å². The predicted molar refractivity (Wildman–Crippen MR) is 44.1 cm³/mol. The summed E-state index contributed by atoms with van der Waals surface area (Å²) >= 11 is 1.65. The summed E-state index contributed by atoms with van der Waals surface area (Å²) in [6.45, 7) is 4.05. The summed E-state index contributed by atoms with van der Waals surface area (Å²) in [5, 5.41) is 3.11. The van der Waals surface area contributed by atoms with Crippen molar-refractivity contribution in [2.75, 3.05) is 0 Å². The SMILES string of the molecule is CCc1csc(C(C)N)n1. The molecule has 0 spiro atoms. The van der Waals surface area contributed by atoms with Crippen LogP contribution in [0.15, 0.2) is 5.38 Å². The molecule has 1 rings (SSSR count). The number of nitrogens with two attached hydrogens (primary N) is 1. The van der Waals surface area contributed by atoms with Gasteiger partial charge in [-0.25, -0.2) is 4.98 Å². The van der Waals surface area contributed by atoms with Crippen molar-refractivity contribution in [1.29, 1.82) is 0 Å². The number of rotatable bonds is 2. The van der Waals surface area contributed by atoms with Crippen LogP contribution in [0.5, 0.6) is 0 Å². The molecule has 0 aliphatic heterocycles. The quantitative estimate of drug-likeness (QED) is 0.708. The average Bonchev–Trinajstić information content (AvgIpc) is 2.34. The second-order valence-electron chi connectivity index (χ2n) is 2.32. The first kappa shape index (κ1) is 7.69. The highest BCUT2D eigenvalue weighted by atomic mass is 32.1. The van der Waals surface area contributed by atoms with Crippen molar-refractivity contribution in [2.24, 2.45) is 5.73 Å². The van der Waals surface area contributed by atoms with Gasteiger partial charge in [-0.15, -0.1) is 11.3 Å². The highest BCUT2D eigenvalue weighted by Crippen LogP contribution is 2.15. The standard InChI is InChI=1S/C7H12N2S/c1-3-6-4-10-7(9-6)5(2)8/h4-5H,3,8H2,1-2H3. The fraction of sp³-hybridized carbons (Fsp3) is 0.571. The number of aryl methyl sites for hydroxylation is 1. The summed E-state index contributed by atoms with van der Waals surface area (Å²) < 4.78 is 0. The van der Waals surface area contributed by atoms with E-state index in [0.29, 0.717) is 0 Å². The summed E-state index contributed by atoms with van der Waals surface area (Å²) in [6, 6.07) is 0.0882. The monoisotopic (exact) mass is 156 g/mol. The highest BCUT2D eigenvalue weighted by molar-refractivity contribution is 7.09. The number of nitrogens with zero attached hydrogens (tertiary/aromatic N) is 1. The van der Waals surface area contributed by atoms with Crippen molar-refractivity contribution in [3.05, 3.63) is 16.1 Å². The van der Waals surface area contributed by atoms with E-state index in [0.717, 1.165) is 17.1 Å². The Morgan fingerprint density at radius 3 is 2.80 bits per heavy atom. The summed E-state index contributed by atoms with van der Waals surface area (Å²) in [6.07, 6.45) is 1.00.